The fourth-order valence-corrected chi connectivity index (χ4v) is 4.84. The Balaban J connectivity index is 1.87. The molecule has 1 unspecified atom stereocenters. The van der Waals surface area contributed by atoms with Gasteiger partial charge in [-0.15, -0.1) is 11.8 Å². The van der Waals surface area contributed by atoms with Gasteiger partial charge in [0, 0.05) is 10.5 Å². The molecule has 0 spiro atoms. The van der Waals surface area contributed by atoms with E-state index in [1.54, 1.807) is 0 Å². The second-order valence-electron chi connectivity index (χ2n) is 5.84. The molecule has 1 fully saturated rings. The van der Waals surface area contributed by atoms with Gasteiger partial charge in [0.15, 0.2) is 0 Å². The van der Waals surface area contributed by atoms with Gasteiger partial charge in [-0.1, -0.05) is 60.7 Å². The summed E-state index contributed by atoms with van der Waals surface area (Å²) < 4.78 is 0. The number of hydrogen-bond donors (Lipinski definition) is 1. The number of aliphatic hydroxyl groups is 1. The number of thioether (sulfide) groups is 1. The van der Waals surface area contributed by atoms with E-state index in [1.165, 1.54) is 11.1 Å². The Bertz CT molecular complexity index is 501. The first kappa shape index (κ1) is 13.7. The van der Waals surface area contributed by atoms with Gasteiger partial charge in [-0.3, -0.25) is 0 Å². The summed E-state index contributed by atoms with van der Waals surface area (Å²) in [6, 6.07) is 21.1. The number of benzene rings is 2. The van der Waals surface area contributed by atoms with E-state index in [9.17, 15) is 5.11 Å². The molecule has 2 heteroatoms. The predicted molar refractivity (Wildman–Crippen MR) is 85.8 cm³/mol. The van der Waals surface area contributed by atoms with Crippen LogP contribution in [0.4, 0.5) is 0 Å². The summed E-state index contributed by atoms with van der Waals surface area (Å²) in [7, 11) is 0. The lowest BCUT2D eigenvalue weighted by Crippen LogP contribution is -2.32. The Morgan fingerprint density at radius 3 is 1.65 bits per heavy atom. The van der Waals surface area contributed by atoms with Gasteiger partial charge >= 0.3 is 0 Å². The van der Waals surface area contributed by atoms with Crippen LogP contribution in [0, 0.1) is 0 Å². The van der Waals surface area contributed by atoms with Crippen LogP contribution in [-0.4, -0.2) is 10.7 Å². The third-order valence-corrected chi connectivity index (χ3v) is 5.46. The molecule has 0 bridgehead atoms. The zero-order valence-corrected chi connectivity index (χ0v) is 12.5. The molecule has 1 saturated heterocycles. The van der Waals surface area contributed by atoms with Gasteiger partial charge in [0.2, 0.25) is 0 Å². The topological polar surface area (TPSA) is 20.2 Å². The summed E-state index contributed by atoms with van der Waals surface area (Å²) in [5.74, 6) is 0. The van der Waals surface area contributed by atoms with Crippen molar-refractivity contribution < 1.29 is 5.11 Å². The highest BCUT2D eigenvalue weighted by atomic mass is 32.2. The minimum Gasteiger partial charge on any atom is -0.390 e. The van der Waals surface area contributed by atoms with E-state index in [4.69, 9.17) is 0 Å². The van der Waals surface area contributed by atoms with Gasteiger partial charge < -0.3 is 5.11 Å². The molecule has 0 radical (unpaired) electrons. The van der Waals surface area contributed by atoms with Gasteiger partial charge in [-0.2, -0.15) is 0 Å². The maximum atomic E-state index is 10.6. The Hall–Kier alpha value is -1.25. The largest absolute Gasteiger partial charge is 0.390 e. The molecule has 0 aromatic heterocycles. The van der Waals surface area contributed by atoms with Crippen LogP contribution in [0.15, 0.2) is 60.7 Å². The summed E-state index contributed by atoms with van der Waals surface area (Å²) in [5, 5.41) is 11.4. The highest BCUT2D eigenvalue weighted by Crippen LogP contribution is 2.53. The van der Waals surface area contributed by atoms with Crippen molar-refractivity contribution in [3.63, 3.8) is 0 Å². The summed E-state index contributed by atoms with van der Waals surface area (Å²) in [4.78, 5) is 0. The third-order valence-electron chi connectivity index (χ3n) is 3.92. The maximum Gasteiger partial charge on any atom is 0.0647 e. The smallest absolute Gasteiger partial charge is 0.0647 e. The Morgan fingerprint density at radius 2 is 1.25 bits per heavy atom. The molecule has 104 valence electrons. The summed E-state index contributed by atoms with van der Waals surface area (Å²) in [6.45, 7) is 1.97. The molecule has 1 aliphatic rings. The van der Waals surface area contributed by atoms with Gasteiger partial charge in [0.05, 0.1) is 5.60 Å². The molecule has 0 saturated carbocycles. The van der Waals surface area contributed by atoms with Gasteiger partial charge in [-0.05, 0) is 30.9 Å². The molecule has 0 amide bonds. The minimum atomic E-state index is -0.591. The van der Waals surface area contributed by atoms with Crippen molar-refractivity contribution in [1.82, 2.24) is 0 Å². The van der Waals surface area contributed by atoms with Crippen LogP contribution in [0.1, 0.15) is 41.4 Å². The first-order chi connectivity index (χ1) is 9.64. The Kier molecular flexibility index (Phi) is 3.86. The van der Waals surface area contributed by atoms with Crippen LogP contribution in [-0.2, 0) is 0 Å². The molecular formula is C18H20OS. The van der Waals surface area contributed by atoms with Crippen LogP contribution in [0.3, 0.4) is 0 Å². The average molecular weight is 284 g/mol. The van der Waals surface area contributed by atoms with Crippen LogP contribution < -0.4 is 0 Å². The van der Waals surface area contributed by atoms with Crippen LogP contribution in [0.2, 0.25) is 0 Å². The second-order valence-corrected chi connectivity index (χ2v) is 7.25. The van der Waals surface area contributed by atoms with Crippen LogP contribution >= 0.6 is 11.8 Å². The first-order valence-electron chi connectivity index (χ1n) is 7.12. The molecule has 2 aromatic rings. The molecule has 1 heterocycles. The summed E-state index contributed by atoms with van der Waals surface area (Å²) in [6.07, 6.45) is 1.65. The fraction of sp³-hybridized carbons (Fsp3) is 0.333. The molecular weight excluding hydrogens is 264 g/mol. The van der Waals surface area contributed by atoms with Crippen LogP contribution in [0.25, 0.3) is 0 Å². The van der Waals surface area contributed by atoms with Crippen molar-refractivity contribution in [2.45, 2.75) is 35.9 Å². The predicted octanol–water partition coefficient (Wildman–Crippen LogP) is 4.75. The van der Waals surface area contributed by atoms with Crippen molar-refractivity contribution in [3.05, 3.63) is 71.8 Å². The number of rotatable bonds is 2. The highest BCUT2D eigenvalue weighted by molar-refractivity contribution is 7.99. The van der Waals surface area contributed by atoms with Gasteiger partial charge in [0.1, 0.15) is 0 Å². The lowest BCUT2D eigenvalue weighted by molar-refractivity contribution is 0.0365. The number of hydrogen-bond acceptors (Lipinski definition) is 2. The second kappa shape index (κ2) is 5.63. The fourth-order valence-electron chi connectivity index (χ4n) is 2.90. The van der Waals surface area contributed by atoms with E-state index in [-0.39, 0.29) is 0 Å². The molecule has 1 aliphatic heterocycles. The average Bonchev–Trinajstić information content (AvgIpc) is 2.47. The molecule has 3 atom stereocenters. The van der Waals surface area contributed by atoms with E-state index >= 15 is 0 Å². The minimum absolute atomic E-state index is 0.366. The molecule has 1 nitrogen and oxygen atoms in total. The summed E-state index contributed by atoms with van der Waals surface area (Å²) in [5.41, 5.74) is 2.04. The molecule has 20 heavy (non-hydrogen) atoms. The zero-order valence-electron chi connectivity index (χ0n) is 11.7. The first-order valence-corrected chi connectivity index (χ1v) is 8.06. The van der Waals surface area contributed by atoms with Crippen molar-refractivity contribution in [3.8, 4) is 0 Å². The normalized spacial score (nSPS) is 30.1. The van der Waals surface area contributed by atoms with E-state index in [0.29, 0.717) is 10.5 Å². The van der Waals surface area contributed by atoms with E-state index in [2.05, 4.69) is 48.5 Å². The van der Waals surface area contributed by atoms with Crippen LogP contribution in [0.5, 0.6) is 0 Å². The SMILES string of the molecule is CC1(O)C[C@@H](c2ccccc2)S[C@@H](c2ccccc2)C1. The van der Waals surface area contributed by atoms with Gasteiger partial charge in [-0.25, -0.2) is 0 Å². The van der Waals surface area contributed by atoms with Gasteiger partial charge in [0.25, 0.3) is 0 Å². The standard InChI is InChI=1S/C18H20OS/c1-18(19)12-16(14-8-4-2-5-9-14)20-17(13-18)15-10-6-3-7-11-15/h2-11,16-17,19H,12-13H2,1H3/t16-,17+,18?. The monoisotopic (exact) mass is 284 g/mol. The van der Waals surface area contributed by atoms with Crippen molar-refractivity contribution in [1.29, 1.82) is 0 Å². The Labute approximate surface area is 125 Å². The highest BCUT2D eigenvalue weighted by Gasteiger charge is 2.37. The molecule has 0 aliphatic carbocycles. The van der Waals surface area contributed by atoms with Crippen molar-refractivity contribution in [2.24, 2.45) is 0 Å². The Morgan fingerprint density at radius 1 is 0.850 bits per heavy atom. The lowest BCUT2D eigenvalue weighted by atomic mass is 9.89. The summed E-state index contributed by atoms with van der Waals surface area (Å²) >= 11 is 1.98. The lowest BCUT2D eigenvalue weighted by Gasteiger charge is -2.39. The third kappa shape index (κ3) is 3.08. The van der Waals surface area contributed by atoms with Crippen molar-refractivity contribution in [2.75, 3.05) is 0 Å². The van der Waals surface area contributed by atoms with E-state index in [0.717, 1.165) is 12.8 Å². The molecule has 3 rings (SSSR count). The van der Waals surface area contributed by atoms with E-state index < -0.39 is 5.60 Å². The molecule has 1 N–H and O–H groups in total. The van der Waals surface area contributed by atoms with E-state index in [1.807, 2.05) is 30.8 Å². The quantitative estimate of drug-likeness (QED) is 0.859. The zero-order chi connectivity index (χ0) is 14.0. The molecule has 2 aromatic carbocycles. The van der Waals surface area contributed by atoms with Crippen molar-refractivity contribution >= 4 is 11.8 Å². The maximum absolute atomic E-state index is 10.6.